The lowest BCUT2D eigenvalue weighted by atomic mass is 9.79. The fourth-order valence-corrected chi connectivity index (χ4v) is 12.5. The number of rotatable bonds is 24. The maximum Gasteiger partial charge on any atom is 0.329 e. The van der Waals surface area contributed by atoms with Gasteiger partial charge in [0.2, 0.25) is 11.9 Å². The highest BCUT2D eigenvalue weighted by atomic mass is 32.2. The molecule has 16 heteroatoms. The van der Waals surface area contributed by atoms with Crippen LogP contribution < -0.4 is 20.1 Å². The fourth-order valence-electron chi connectivity index (χ4n) is 10.9. The standard InChI is InChI=1S/C39H61N5O2S.C39H59N3O4S/c1-14-15-16-17-18-19-20-47-35-43-33(40-25-21-27(36(2,3)4)31(45)28(22-25)37(5,6)7)42-34(44-35)41-26-23-29(38(8,9)10)32(46)30(24-26)39(11,12)13;1-14-15-16-17-18-19-20-47-35-41-33(45-25-21-27(36(2,3)4)31(43)28(22-25)37(5,6)7)40-34(42-35)46-26-23-29(38(8,9)10)32(44)30(24-26)39(11,12)13/h21-24,45-46H,14-20H2,1-13H3,(H2,40,41,42,43,44);21-24,43-44H,14-20H2,1-13H3. The highest BCUT2D eigenvalue weighted by Gasteiger charge is 2.32. The van der Waals surface area contributed by atoms with E-state index in [4.69, 9.17) is 24.4 Å². The zero-order valence-corrected chi connectivity index (χ0v) is 64.3. The van der Waals surface area contributed by atoms with Gasteiger partial charge in [0.25, 0.3) is 0 Å². The molecule has 6 N–H and O–H groups in total. The molecule has 520 valence electrons. The summed E-state index contributed by atoms with van der Waals surface area (Å²) in [6, 6.07) is 15.7. The number of unbranched alkanes of at least 4 members (excludes halogenated alkanes) is 10. The van der Waals surface area contributed by atoms with E-state index >= 15 is 0 Å². The number of aromatic nitrogens is 6. The molecule has 6 rings (SSSR count). The monoisotopic (exact) mass is 1330 g/mol. The molecule has 2 heterocycles. The number of aromatic hydroxyl groups is 4. The second kappa shape index (κ2) is 31.9. The van der Waals surface area contributed by atoms with E-state index in [1.807, 2.05) is 48.5 Å². The summed E-state index contributed by atoms with van der Waals surface area (Å²) in [7, 11) is 0. The van der Waals surface area contributed by atoms with Crippen molar-refractivity contribution in [1.29, 1.82) is 0 Å². The van der Waals surface area contributed by atoms with E-state index in [1.165, 1.54) is 64.2 Å². The highest BCUT2D eigenvalue weighted by molar-refractivity contribution is 7.99. The predicted molar refractivity (Wildman–Crippen MR) is 397 cm³/mol. The molecular formula is C78H120N8O6S2. The molecule has 6 aromatic rings. The minimum atomic E-state index is -0.316. The molecule has 0 aliphatic heterocycles. The number of anilines is 4. The van der Waals surface area contributed by atoms with Crippen molar-refractivity contribution in [3.8, 4) is 46.5 Å². The summed E-state index contributed by atoms with van der Waals surface area (Å²) < 4.78 is 12.7. The first-order valence-electron chi connectivity index (χ1n) is 34.4. The number of hydrogen-bond acceptors (Lipinski definition) is 16. The zero-order chi connectivity index (χ0) is 70.7. The first kappa shape index (κ1) is 78.7. The van der Waals surface area contributed by atoms with Gasteiger partial charge >= 0.3 is 12.0 Å². The Labute approximate surface area is 575 Å². The molecule has 2 aromatic heterocycles. The Morgan fingerprint density at radius 1 is 0.309 bits per heavy atom. The van der Waals surface area contributed by atoms with Gasteiger partial charge in [0.05, 0.1) is 0 Å². The minimum Gasteiger partial charge on any atom is -0.507 e. The lowest BCUT2D eigenvalue weighted by Gasteiger charge is -2.28. The minimum absolute atomic E-state index is 0.122. The summed E-state index contributed by atoms with van der Waals surface area (Å²) in [5, 5.41) is 53.1. The van der Waals surface area contributed by atoms with Gasteiger partial charge in [0, 0.05) is 67.4 Å². The Bertz CT molecular complexity index is 2900. The van der Waals surface area contributed by atoms with Crippen LogP contribution in [0.15, 0.2) is 58.8 Å². The third-order valence-corrected chi connectivity index (χ3v) is 18.3. The van der Waals surface area contributed by atoms with E-state index in [0.29, 0.717) is 45.2 Å². The van der Waals surface area contributed by atoms with Crippen molar-refractivity contribution in [2.75, 3.05) is 22.1 Å². The van der Waals surface area contributed by atoms with E-state index < -0.39 is 0 Å². The van der Waals surface area contributed by atoms with Crippen molar-refractivity contribution < 1.29 is 29.9 Å². The summed E-state index contributed by atoms with van der Waals surface area (Å²) in [4.78, 5) is 28.5. The SMILES string of the molecule is CCCCCCCCSc1nc(Nc2cc(C(C)(C)C)c(O)c(C(C)(C)C)c2)nc(Nc2cc(C(C)(C)C)c(O)c(C(C)(C)C)c2)n1.CCCCCCCCSc1nc(Oc2cc(C(C)(C)C)c(O)c(C(C)(C)C)c2)nc(Oc2cc(C(C)(C)C)c(O)c(C(C)(C)C)c2)n1. The van der Waals surface area contributed by atoms with Crippen LogP contribution in [0.2, 0.25) is 0 Å². The maximum absolute atomic E-state index is 11.3. The molecule has 0 aliphatic carbocycles. The van der Waals surface area contributed by atoms with Gasteiger partial charge in [-0.1, -0.05) is 268 Å². The number of nitrogens with zero attached hydrogens (tertiary/aromatic N) is 6. The van der Waals surface area contributed by atoms with Gasteiger partial charge < -0.3 is 40.5 Å². The van der Waals surface area contributed by atoms with Crippen LogP contribution in [-0.2, 0) is 43.3 Å². The number of thioether (sulfide) groups is 2. The van der Waals surface area contributed by atoms with Crippen molar-refractivity contribution in [2.45, 2.75) is 311 Å². The normalized spacial score (nSPS) is 12.8. The number of phenols is 4. The number of hydrogen-bond donors (Lipinski definition) is 6. The van der Waals surface area contributed by atoms with Crippen molar-refractivity contribution in [3.05, 3.63) is 93.0 Å². The van der Waals surface area contributed by atoms with Gasteiger partial charge in [-0.3, -0.25) is 0 Å². The maximum atomic E-state index is 11.3. The van der Waals surface area contributed by atoms with Crippen LogP contribution >= 0.6 is 23.5 Å². The summed E-state index contributed by atoms with van der Waals surface area (Å²) in [5.41, 5.74) is 5.93. The Balaban J connectivity index is 0.000000341. The third-order valence-electron chi connectivity index (χ3n) is 16.4. The van der Waals surface area contributed by atoms with Gasteiger partial charge in [0.15, 0.2) is 10.3 Å². The Kier molecular flexibility index (Phi) is 26.7. The van der Waals surface area contributed by atoms with Crippen molar-refractivity contribution in [2.24, 2.45) is 0 Å². The van der Waals surface area contributed by atoms with Crippen LogP contribution in [0.3, 0.4) is 0 Å². The van der Waals surface area contributed by atoms with Crippen molar-refractivity contribution in [3.63, 3.8) is 0 Å². The third kappa shape index (κ3) is 23.1. The quantitative estimate of drug-likeness (QED) is 0.0190. The summed E-state index contributed by atoms with van der Waals surface area (Å²) in [5.74, 6) is 4.98. The molecular weight excluding hydrogens is 1210 g/mol. The topological polar surface area (TPSA) is 201 Å². The lowest BCUT2D eigenvalue weighted by Crippen LogP contribution is -2.18. The van der Waals surface area contributed by atoms with Crippen LogP contribution in [0.4, 0.5) is 23.3 Å². The molecule has 0 saturated heterocycles. The van der Waals surface area contributed by atoms with Crippen molar-refractivity contribution in [1.82, 2.24) is 29.9 Å². The Hall–Kier alpha value is -6.00. The van der Waals surface area contributed by atoms with Crippen LogP contribution in [0.1, 0.15) is 302 Å². The van der Waals surface area contributed by atoms with E-state index in [9.17, 15) is 20.4 Å². The van der Waals surface area contributed by atoms with E-state index in [1.54, 1.807) is 23.5 Å². The molecule has 94 heavy (non-hydrogen) atoms. The fraction of sp³-hybridized carbons (Fsp3) is 0.615. The molecule has 0 radical (unpaired) electrons. The van der Waals surface area contributed by atoms with E-state index in [-0.39, 0.29) is 66.8 Å². The molecule has 0 atom stereocenters. The van der Waals surface area contributed by atoms with E-state index in [0.717, 1.165) is 80.2 Å². The number of benzene rings is 4. The molecule has 4 aromatic carbocycles. The molecule has 0 bridgehead atoms. The molecule has 0 aliphatic rings. The van der Waals surface area contributed by atoms with Gasteiger partial charge in [0.1, 0.15) is 34.5 Å². The largest absolute Gasteiger partial charge is 0.507 e. The highest BCUT2D eigenvalue weighted by Crippen LogP contribution is 2.47. The van der Waals surface area contributed by atoms with Gasteiger partial charge in [-0.15, -0.1) is 4.98 Å². The zero-order valence-electron chi connectivity index (χ0n) is 62.6. The van der Waals surface area contributed by atoms with Crippen LogP contribution in [0.5, 0.6) is 46.5 Å². The first-order valence-corrected chi connectivity index (χ1v) is 36.4. The van der Waals surface area contributed by atoms with Gasteiger partial charge in [-0.05, 0) is 105 Å². The Morgan fingerprint density at radius 3 is 0.798 bits per heavy atom. The van der Waals surface area contributed by atoms with Crippen LogP contribution in [0.25, 0.3) is 0 Å². The molecule has 0 spiro atoms. The van der Waals surface area contributed by atoms with Crippen LogP contribution in [0, 0.1) is 0 Å². The molecule has 0 amide bonds. The number of phenolic OH excluding ortho intramolecular Hbond substituents is 4. The predicted octanol–water partition coefficient (Wildman–Crippen LogP) is 22.9. The first-order chi connectivity index (χ1) is 43.2. The molecule has 14 nitrogen and oxygen atoms in total. The summed E-state index contributed by atoms with van der Waals surface area (Å²) in [6.07, 6.45) is 14.6. The summed E-state index contributed by atoms with van der Waals surface area (Å²) >= 11 is 3.21. The molecule has 0 saturated carbocycles. The second-order valence-corrected chi connectivity index (χ2v) is 35.8. The second-order valence-electron chi connectivity index (χ2n) is 33.7. The lowest BCUT2D eigenvalue weighted by molar-refractivity contribution is 0.376. The average molecular weight is 1330 g/mol. The van der Waals surface area contributed by atoms with Crippen LogP contribution in [-0.4, -0.2) is 61.8 Å². The Morgan fingerprint density at radius 2 is 0.543 bits per heavy atom. The summed E-state index contributed by atoms with van der Waals surface area (Å²) in [6.45, 7) is 54.6. The average Bonchev–Trinajstić information content (AvgIpc) is 0.805. The molecule has 0 unspecified atom stereocenters. The molecule has 0 fully saturated rings. The van der Waals surface area contributed by atoms with Gasteiger partial charge in [-0.25, -0.2) is 0 Å². The number of ether oxygens (including phenoxy) is 2. The van der Waals surface area contributed by atoms with Crippen molar-refractivity contribution >= 4 is 46.8 Å². The van der Waals surface area contributed by atoms with Gasteiger partial charge in [-0.2, -0.15) is 24.9 Å². The number of nitrogens with one attached hydrogen (secondary N) is 2. The smallest absolute Gasteiger partial charge is 0.329 e. The van der Waals surface area contributed by atoms with E-state index in [2.05, 4.69) is 206 Å².